The molecule has 0 fully saturated rings. The number of carboxylic acid groups (broad SMARTS) is 1. The van der Waals surface area contributed by atoms with Crippen molar-refractivity contribution in [3.8, 4) is 11.1 Å². The van der Waals surface area contributed by atoms with Crippen LogP contribution in [0.25, 0.3) is 16.7 Å². The number of carboxylic acids is 1. The van der Waals surface area contributed by atoms with Crippen molar-refractivity contribution in [3.05, 3.63) is 95.6 Å². The van der Waals surface area contributed by atoms with Crippen molar-refractivity contribution in [2.45, 2.75) is 24.7 Å². The lowest BCUT2D eigenvalue weighted by atomic mass is 9.89. The number of hydrogen-bond acceptors (Lipinski definition) is 2. The molecule has 0 amide bonds. The molecule has 1 N–H and O–H groups in total. The first kappa shape index (κ1) is 20.0. The SMILES string of the molecule is CCC(CC(=O)O)=C(c1ccccc1)c1ccc(-c2ccccc2)c(SC)c1. The van der Waals surface area contributed by atoms with E-state index in [9.17, 15) is 9.90 Å². The summed E-state index contributed by atoms with van der Waals surface area (Å²) in [6.45, 7) is 2.02. The van der Waals surface area contributed by atoms with Crippen LogP contribution in [-0.2, 0) is 4.79 Å². The molecule has 0 aliphatic carbocycles. The van der Waals surface area contributed by atoms with Crippen molar-refractivity contribution in [2.75, 3.05) is 6.26 Å². The first-order chi connectivity index (χ1) is 13.6. The van der Waals surface area contributed by atoms with E-state index in [2.05, 4.69) is 48.7 Å². The molecule has 0 saturated heterocycles. The smallest absolute Gasteiger partial charge is 0.307 e. The van der Waals surface area contributed by atoms with Crippen LogP contribution in [0.3, 0.4) is 0 Å². The van der Waals surface area contributed by atoms with Crippen molar-refractivity contribution in [2.24, 2.45) is 0 Å². The highest BCUT2D eigenvalue weighted by Gasteiger charge is 2.15. The molecule has 0 aromatic heterocycles. The minimum atomic E-state index is -0.795. The molecule has 0 saturated carbocycles. The Morgan fingerprint density at radius 2 is 1.54 bits per heavy atom. The molecular weight excluding hydrogens is 364 g/mol. The maximum Gasteiger partial charge on any atom is 0.307 e. The first-order valence-corrected chi connectivity index (χ1v) is 10.6. The summed E-state index contributed by atoms with van der Waals surface area (Å²) in [6.07, 6.45) is 2.83. The third kappa shape index (κ3) is 4.55. The van der Waals surface area contributed by atoms with Gasteiger partial charge in [0.05, 0.1) is 6.42 Å². The Morgan fingerprint density at radius 3 is 2.11 bits per heavy atom. The lowest BCUT2D eigenvalue weighted by molar-refractivity contribution is -0.136. The molecule has 2 nitrogen and oxygen atoms in total. The Kier molecular flexibility index (Phi) is 6.72. The molecule has 0 heterocycles. The van der Waals surface area contributed by atoms with Crippen LogP contribution in [-0.4, -0.2) is 17.3 Å². The summed E-state index contributed by atoms with van der Waals surface area (Å²) in [4.78, 5) is 12.6. The van der Waals surface area contributed by atoms with E-state index in [-0.39, 0.29) is 6.42 Å². The van der Waals surface area contributed by atoms with Gasteiger partial charge in [-0.05, 0) is 46.6 Å². The van der Waals surface area contributed by atoms with Crippen molar-refractivity contribution in [3.63, 3.8) is 0 Å². The van der Waals surface area contributed by atoms with Gasteiger partial charge in [-0.25, -0.2) is 0 Å². The van der Waals surface area contributed by atoms with E-state index in [4.69, 9.17) is 0 Å². The van der Waals surface area contributed by atoms with E-state index in [0.717, 1.165) is 22.3 Å². The Bertz CT molecular complexity index is 976. The van der Waals surface area contributed by atoms with Crippen molar-refractivity contribution in [1.82, 2.24) is 0 Å². The summed E-state index contributed by atoms with van der Waals surface area (Å²) in [5.74, 6) is -0.795. The van der Waals surface area contributed by atoms with E-state index < -0.39 is 5.97 Å². The highest BCUT2D eigenvalue weighted by atomic mass is 32.2. The molecule has 3 rings (SSSR count). The van der Waals surface area contributed by atoms with Gasteiger partial charge in [0.1, 0.15) is 0 Å². The average molecular weight is 389 g/mol. The van der Waals surface area contributed by atoms with Crippen LogP contribution >= 0.6 is 11.8 Å². The largest absolute Gasteiger partial charge is 0.481 e. The van der Waals surface area contributed by atoms with Crippen molar-refractivity contribution < 1.29 is 9.90 Å². The molecule has 0 bridgehead atoms. The molecule has 0 aliphatic heterocycles. The summed E-state index contributed by atoms with van der Waals surface area (Å²) in [7, 11) is 0. The molecule has 0 radical (unpaired) electrons. The number of thioether (sulfide) groups is 1. The Balaban J connectivity index is 2.18. The van der Waals surface area contributed by atoms with Gasteiger partial charge in [-0.1, -0.05) is 85.3 Å². The van der Waals surface area contributed by atoms with Gasteiger partial charge in [-0.15, -0.1) is 11.8 Å². The minimum absolute atomic E-state index is 0.0514. The summed E-state index contributed by atoms with van der Waals surface area (Å²) in [5, 5.41) is 9.41. The Hall–Kier alpha value is -2.78. The highest BCUT2D eigenvalue weighted by Crippen LogP contribution is 2.36. The second-order valence-electron chi connectivity index (χ2n) is 6.55. The van der Waals surface area contributed by atoms with Crippen molar-refractivity contribution in [1.29, 1.82) is 0 Å². The van der Waals surface area contributed by atoms with Crippen LogP contribution in [0, 0.1) is 0 Å². The predicted octanol–water partition coefficient (Wildman–Crippen LogP) is 6.76. The van der Waals surface area contributed by atoms with E-state index in [0.29, 0.717) is 6.42 Å². The van der Waals surface area contributed by atoms with Crippen LogP contribution in [0.5, 0.6) is 0 Å². The zero-order chi connectivity index (χ0) is 19.9. The normalized spacial score (nSPS) is 11.8. The van der Waals surface area contributed by atoms with E-state index in [1.807, 2.05) is 43.3 Å². The summed E-state index contributed by atoms with van der Waals surface area (Å²) in [5.41, 5.74) is 6.47. The van der Waals surface area contributed by atoms with Gasteiger partial charge in [0.2, 0.25) is 0 Å². The maximum atomic E-state index is 11.5. The highest BCUT2D eigenvalue weighted by molar-refractivity contribution is 7.98. The fraction of sp³-hybridized carbons (Fsp3) is 0.160. The predicted molar refractivity (Wildman–Crippen MR) is 119 cm³/mol. The lowest BCUT2D eigenvalue weighted by Gasteiger charge is -2.17. The zero-order valence-corrected chi connectivity index (χ0v) is 17.0. The summed E-state index contributed by atoms with van der Waals surface area (Å²) < 4.78 is 0. The molecule has 0 aliphatic rings. The number of rotatable bonds is 7. The van der Waals surface area contributed by atoms with Crippen LogP contribution in [0.4, 0.5) is 0 Å². The molecule has 3 heteroatoms. The second-order valence-corrected chi connectivity index (χ2v) is 7.40. The summed E-state index contributed by atoms with van der Waals surface area (Å²) >= 11 is 1.71. The Morgan fingerprint density at radius 1 is 0.893 bits per heavy atom. The van der Waals surface area contributed by atoms with E-state index in [1.165, 1.54) is 16.0 Å². The van der Waals surface area contributed by atoms with Gasteiger partial charge in [0.25, 0.3) is 0 Å². The van der Waals surface area contributed by atoms with Gasteiger partial charge >= 0.3 is 5.97 Å². The molecule has 142 valence electrons. The van der Waals surface area contributed by atoms with Gasteiger partial charge in [0, 0.05) is 4.90 Å². The number of aliphatic carboxylic acids is 1. The van der Waals surface area contributed by atoms with Gasteiger partial charge in [-0.3, -0.25) is 4.79 Å². The monoisotopic (exact) mass is 388 g/mol. The zero-order valence-electron chi connectivity index (χ0n) is 16.2. The maximum absolute atomic E-state index is 11.5. The van der Waals surface area contributed by atoms with E-state index >= 15 is 0 Å². The minimum Gasteiger partial charge on any atom is -0.481 e. The van der Waals surface area contributed by atoms with Crippen LogP contribution in [0.15, 0.2) is 89.3 Å². The Labute approximate surface area is 170 Å². The average Bonchev–Trinajstić information content (AvgIpc) is 2.74. The molecular formula is C25H24O2S. The molecule has 0 atom stereocenters. The van der Waals surface area contributed by atoms with Crippen LogP contribution < -0.4 is 0 Å². The fourth-order valence-electron chi connectivity index (χ4n) is 3.46. The lowest BCUT2D eigenvalue weighted by Crippen LogP contribution is -2.02. The third-order valence-corrected chi connectivity index (χ3v) is 5.56. The molecule has 3 aromatic rings. The molecule has 0 spiro atoms. The van der Waals surface area contributed by atoms with Gasteiger partial charge in [0.15, 0.2) is 0 Å². The van der Waals surface area contributed by atoms with Crippen LogP contribution in [0.1, 0.15) is 30.9 Å². The third-order valence-electron chi connectivity index (χ3n) is 4.78. The molecule has 3 aromatic carbocycles. The first-order valence-electron chi connectivity index (χ1n) is 9.37. The van der Waals surface area contributed by atoms with Crippen molar-refractivity contribution >= 4 is 23.3 Å². The number of hydrogen-bond donors (Lipinski definition) is 1. The van der Waals surface area contributed by atoms with E-state index in [1.54, 1.807) is 11.8 Å². The molecule has 28 heavy (non-hydrogen) atoms. The second kappa shape index (κ2) is 9.43. The topological polar surface area (TPSA) is 37.3 Å². The van der Waals surface area contributed by atoms with Gasteiger partial charge < -0.3 is 5.11 Å². The fourth-order valence-corrected chi connectivity index (χ4v) is 4.11. The number of carbonyl (C=O) groups is 1. The number of benzene rings is 3. The standard InChI is InChI=1S/C25H24O2S/c1-3-18(17-24(26)27)25(20-12-8-5-9-13-20)21-14-15-22(23(16-21)28-2)19-10-6-4-7-11-19/h4-16H,3,17H2,1-2H3,(H,26,27). The van der Waals surface area contributed by atoms with Gasteiger partial charge in [-0.2, -0.15) is 0 Å². The molecule has 0 unspecified atom stereocenters. The summed E-state index contributed by atoms with van der Waals surface area (Å²) in [6, 6.07) is 26.9. The quantitative estimate of drug-likeness (QED) is 0.454. The van der Waals surface area contributed by atoms with Crippen LogP contribution in [0.2, 0.25) is 0 Å².